The van der Waals surface area contributed by atoms with Crippen LogP contribution >= 0.6 is 0 Å². The van der Waals surface area contributed by atoms with Gasteiger partial charge >= 0.3 is 0 Å². The molecule has 0 spiro atoms. The fourth-order valence-corrected chi connectivity index (χ4v) is 3.03. The van der Waals surface area contributed by atoms with Crippen LogP contribution in [0.15, 0.2) is 42.5 Å². The predicted molar refractivity (Wildman–Crippen MR) is 97.1 cm³/mol. The van der Waals surface area contributed by atoms with Gasteiger partial charge in [0.2, 0.25) is 0 Å². The van der Waals surface area contributed by atoms with Crippen LogP contribution in [0.1, 0.15) is 21.5 Å². The van der Waals surface area contributed by atoms with Crippen molar-refractivity contribution in [2.75, 3.05) is 31.1 Å². The summed E-state index contributed by atoms with van der Waals surface area (Å²) in [6.07, 6.45) is 0. The van der Waals surface area contributed by atoms with Crippen molar-refractivity contribution in [1.82, 2.24) is 4.90 Å². The third kappa shape index (κ3) is 3.63. The molecule has 0 saturated carbocycles. The monoisotopic (exact) mass is 339 g/mol. The second kappa shape index (κ2) is 6.93. The van der Waals surface area contributed by atoms with Gasteiger partial charge in [-0.2, -0.15) is 0 Å². The van der Waals surface area contributed by atoms with E-state index in [2.05, 4.69) is 36.9 Å². The van der Waals surface area contributed by atoms with Gasteiger partial charge in [-0.1, -0.05) is 12.1 Å². The minimum Gasteiger partial charge on any atom is -0.368 e. The summed E-state index contributed by atoms with van der Waals surface area (Å²) in [5.74, 6) is -0.150. The van der Waals surface area contributed by atoms with Gasteiger partial charge in [-0.3, -0.25) is 14.9 Å². The van der Waals surface area contributed by atoms with E-state index in [0.717, 1.165) is 13.1 Å². The number of carbonyl (C=O) groups is 1. The first-order valence-corrected chi connectivity index (χ1v) is 8.31. The highest BCUT2D eigenvalue weighted by atomic mass is 16.6. The van der Waals surface area contributed by atoms with Crippen molar-refractivity contribution in [2.24, 2.45) is 0 Å². The van der Waals surface area contributed by atoms with Gasteiger partial charge in [0.25, 0.3) is 11.6 Å². The topological polar surface area (TPSA) is 66.7 Å². The number of carbonyl (C=O) groups excluding carboxylic acids is 1. The van der Waals surface area contributed by atoms with Crippen molar-refractivity contribution in [1.29, 1.82) is 0 Å². The van der Waals surface area contributed by atoms with Gasteiger partial charge in [-0.15, -0.1) is 0 Å². The minimum atomic E-state index is -0.478. The Hall–Kier alpha value is -2.89. The molecule has 1 saturated heterocycles. The zero-order chi connectivity index (χ0) is 18.0. The Bertz CT molecular complexity index is 811. The van der Waals surface area contributed by atoms with Crippen LogP contribution in [0.4, 0.5) is 11.4 Å². The Kier molecular flexibility index (Phi) is 4.70. The fourth-order valence-electron chi connectivity index (χ4n) is 3.03. The van der Waals surface area contributed by atoms with Gasteiger partial charge in [0.05, 0.1) is 4.92 Å². The van der Waals surface area contributed by atoms with Crippen LogP contribution in [0.5, 0.6) is 0 Å². The quantitative estimate of drug-likeness (QED) is 0.636. The molecule has 0 unspecified atom stereocenters. The van der Waals surface area contributed by atoms with Gasteiger partial charge in [-0.05, 0) is 43.2 Å². The third-order valence-electron chi connectivity index (χ3n) is 4.73. The summed E-state index contributed by atoms with van der Waals surface area (Å²) in [5, 5.41) is 10.9. The van der Waals surface area contributed by atoms with E-state index in [0.29, 0.717) is 18.7 Å². The molecule has 1 amide bonds. The number of piperazine rings is 1. The zero-order valence-electron chi connectivity index (χ0n) is 14.4. The first kappa shape index (κ1) is 17.0. The molecule has 0 aromatic heterocycles. The Morgan fingerprint density at radius 1 is 1.00 bits per heavy atom. The van der Waals surface area contributed by atoms with Crippen molar-refractivity contribution in [3.63, 3.8) is 0 Å². The SMILES string of the molecule is Cc1ccc(N2CCN(C(=O)c3cccc([N+](=O)[O-])c3)CC2)cc1C. The number of anilines is 1. The lowest BCUT2D eigenvalue weighted by atomic mass is 10.1. The summed E-state index contributed by atoms with van der Waals surface area (Å²) >= 11 is 0. The first-order chi connectivity index (χ1) is 12.0. The second-order valence-corrected chi connectivity index (χ2v) is 6.36. The van der Waals surface area contributed by atoms with Crippen molar-refractivity contribution < 1.29 is 9.72 Å². The van der Waals surface area contributed by atoms with Crippen molar-refractivity contribution in [2.45, 2.75) is 13.8 Å². The maximum atomic E-state index is 12.6. The molecule has 0 aliphatic carbocycles. The molecular formula is C19H21N3O3. The van der Waals surface area contributed by atoms with E-state index in [-0.39, 0.29) is 11.6 Å². The zero-order valence-corrected chi connectivity index (χ0v) is 14.4. The lowest BCUT2D eigenvalue weighted by Gasteiger charge is -2.36. The predicted octanol–water partition coefficient (Wildman–Crippen LogP) is 3.17. The molecule has 1 fully saturated rings. The summed E-state index contributed by atoms with van der Waals surface area (Å²) in [7, 11) is 0. The number of nitro groups is 1. The summed E-state index contributed by atoms with van der Waals surface area (Å²) in [6.45, 7) is 6.91. The van der Waals surface area contributed by atoms with Crippen molar-refractivity contribution in [3.8, 4) is 0 Å². The normalized spacial score (nSPS) is 14.5. The molecule has 3 rings (SSSR count). The maximum Gasteiger partial charge on any atom is 0.270 e. The number of aryl methyl sites for hydroxylation is 2. The van der Waals surface area contributed by atoms with Crippen LogP contribution in [-0.2, 0) is 0 Å². The average molecular weight is 339 g/mol. The molecule has 2 aromatic rings. The van der Waals surface area contributed by atoms with E-state index in [4.69, 9.17) is 0 Å². The molecular weight excluding hydrogens is 318 g/mol. The molecule has 130 valence electrons. The smallest absolute Gasteiger partial charge is 0.270 e. The van der Waals surface area contributed by atoms with Gasteiger partial charge in [0, 0.05) is 49.6 Å². The van der Waals surface area contributed by atoms with Gasteiger partial charge in [0.15, 0.2) is 0 Å². The molecule has 25 heavy (non-hydrogen) atoms. The number of amides is 1. The third-order valence-corrected chi connectivity index (χ3v) is 4.73. The highest BCUT2D eigenvalue weighted by molar-refractivity contribution is 5.95. The summed E-state index contributed by atoms with van der Waals surface area (Å²) in [4.78, 5) is 27.0. The van der Waals surface area contributed by atoms with E-state index < -0.39 is 4.92 Å². The number of rotatable bonds is 3. The Morgan fingerprint density at radius 2 is 1.72 bits per heavy atom. The summed E-state index contributed by atoms with van der Waals surface area (Å²) in [5.41, 5.74) is 4.01. The standard InChI is InChI=1S/C19H21N3O3/c1-14-6-7-17(12-15(14)2)20-8-10-21(11-9-20)19(23)16-4-3-5-18(13-16)22(24)25/h3-7,12-13H,8-11H2,1-2H3. The Balaban J connectivity index is 1.67. The van der Waals surface area contributed by atoms with Crippen LogP contribution in [0, 0.1) is 24.0 Å². The van der Waals surface area contributed by atoms with Crippen LogP contribution in [0.3, 0.4) is 0 Å². The molecule has 1 aliphatic rings. The van der Waals surface area contributed by atoms with Crippen LogP contribution < -0.4 is 4.90 Å². The van der Waals surface area contributed by atoms with Gasteiger partial charge < -0.3 is 9.80 Å². The Morgan fingerprint density at radius 3 is 2.36 bits per heavy atom. The van der Waals surface area contributed by atoms with E-state index in [1.165, 1.54) is 28.9 Å². The summed E-state index contributed by atoms with van der Waals surface area (Å²) in [6, 6.07) is 12.3. The maximum absolute atomic E-state index is 12.6. The van der Waals surface area contributed by atoms with E-state index in [1.807, 2.05) is 0 Å². The molecule has 0 N–H and O–H groups in total. The molecule has 6 nitrogen and oxygen atoms in total. The number of hydrogen-bond acceptors (Lipinski definition) is 4. The van der Waals surface area contributed by atoms with Gasteiger partial charge in [0.1, 0.15) is 0 Å². The van der Waals surface area contributed by atoms with Crippen molar-refractivity contribution >= 4 is 17.3 Å². The number of hydrogen-bond donors (Lipinski definition) is 0. The van der Waals surface area contributed by atoms with Gasteiger partial charge in [-0.25, -0.2) is 0 Å². The molecule has 1 heterocycles. The molecule has 0 atom stereocenters. The molecule has 2 aromatic carbocycles. The van der Waals surface area contributed by atoms with E-state index in [9.17, 15) is 14.9 Å². The number of benzene rings is 2. The molecule has 1 aliphatic heterocycles. The first-order valence-electron chi connectivity index (χ1n) is 8.31. The fraction of sp³-hybridized carbons (Fsp3) is 0.316. The highest BCUT2D eigenvalue weighted by Gasteiger charge is 2.23. The number of nitrogens with zero attached hydrogens (tertiary/aromatic N) is 3. The van der Waals surface area contributed by atoms with Crippen LogP contribution in [0.2, 0.25) is 0 Å². The largest absolute Gasteiger partial charge is 0.368 e. The number of nitro benzene ring substituents is 1. The number of non-ortho nitro benzene ring substituents is 1. The lowest BCUT2D eigenvalue weighted by molar-refractivity contribution is -0.384. The minimum absolute atomic E-state index is 0.0559. The van der Waals surface area contributed by atoms with Crippen LogP contribution in [-0.4, -0.2) is 41.9 Å². The van der Waals surface area contributed by atoms with Crippen molar-refractivity contribution in [3.05, 3.63) is 69.3 Å². The highest BCUT2D eigenvalue weighted by Crippen LogP contribution is 2.21. The molecule has 6 heteroatoms. The van der Waals surface area contributed by atoms with Crippen LogP contribution in [0.25, 0.3) is 0 Å². The average Bonchev–Trinajstić information content (AvgIpc) is 2.63. The lowest BCUT2D eigenvalue weighted by Crippen LogP contribution is -2.48. The summed E-state index contributed by atoms with van der Waals surface area (Å²) < 4.78 is 0. The van der Waals surface area contributed by atoms with E-state index >= 15 is 0 Å². The molecule has 0 bridgehead atoms. The molecule has 0 radical (unpaired) electrons. The Labute approximate surface area is 146 Å². The second-order valence-electron chi connectivity index (χ2n) is 6.36. The van der Waals surface area contributed by atoms with E-state index in [1.54, 1.807) is 17.0 Å².